The van der Waals surface area contributed by atoms with Crippen LogP contribution in [-0.4, -0.2) is 73.7 Å². The lowest BCUT2D eigenvalue weighted by atomic mass is 10.2. The van der Waals surface area contributed by atoms with Gasteiger partial charge in [-0.25, -0.2) is 0 Å². The quantitative estimate of drug-likeness (QED) is 0.845. The zero-order valence-corrected chi connectivity index (χ0v) is 15.1. The van der Waals surface area contributed by atoms with Gasteiger partial charge in [-0.3, -0.25) is 9.69 Å². The topological polar surface area (TPSA) is 36.0 Å². The molecule has 3 rings (SSSR count). The van der Waals surface area contributed by atoms with Crippen molar-refractivity contribution in [1.29, 1.82) is 0 Å². The Bertz CT molecular complexity index is 559. The predicted octanol–water partition coefficient (Wildman–Crippen LogP) is 1.75. The maximum atomic E-state index is 12.6. The first-order chi connectivity index (χ1) is 11.5. The molecule has 2 saturated heterocycles. The number of rotatable bonds is 3. The molecule has 2 heterocycles. The molecule has 2 unspecified atom stereocenters. The van der Waals surface area contributed by atoms with Gasteiger partial charge >= 0.3 is 0 Å². The Kier molecular flexibility index (Phi) is 5.41. The van der Waals surface area contributed by atoms with Crippen LogP contribution in [-0.2, 0) is 9.53 Å². The molecule has 24 heavy (non-hydrogen) atoms. The fourth-order valence-corrected chi connectivity index (χ4v) is 3.66. The van der Waals surface area contributed by atoms with Crippen LogP contribution < -0.4 is 4.90 Å². The van der Waals surface area contributed by atoms with Crippen molar-refractivity contribution in [1.82, 2.24) is 9.80 Å². The van der Waals surface area contributed by atoms with Crippen molar-refractivity contribution >= 4 is 11.6 Å². The Labute approximate surface area is 145 Å². The summed E-state index contributed by atoms with van der Waals surface area (Å²) in [5.74, 6) is 0.237. The van der Waals surface area contributed by atoms with Crippen LogP contribution in [0.15, 0.2) is 24.3 Å². The lowest BCUT2D eigenvalue weighted by Gasteiger charge is -2.39. The number of carbonyl (C=O) groups excluding carboxylic acids is 1. The second-order valence-electron chi connectivity index (χ2n) is 7.16. The number of carbonyl (C=O) groups is 1. The summed E-state index contributed by atoms with van der Waals surface area (Å²) in [6.45, 7) is 12.0. The van der Waals surface area contributed by atoms with Gasteiger partial charge in [0.2, 0.25) is 5.91 Å². The lowest BCUT2D eigenvalue weighted by molar-refractivity contribution is -0.144. The molecular weight excluding hydrogens is 302 g/mol. The number of ether oxygens (including phenoxy) is 1. The van der Waals surface area contributed by atoms with Crippen molar-refractivity contribution in [3.8, 4) is 0 Å². The van der Waals surface area contributed by atoms with E-state index >= 15 is 0 Å². The van der Waals surface area contributed by atoms with Crippen LogP contribution in [0, 0.1) is 6.92 Å². The van der Waals surface area contributed by atoms with Crippen LogP contribution in [0.4, 0.5) is 5.69 Å². The third-order valence-corrected chi connectivity index (χ3v) is 4.87. The predicted molar refractivity (Wildman–Crippen MR) is 96.4 cm³/mol. The molecule has 132 valence electrons. The first-order valence-corrected chi connectivity index (χ1v) is 8.98. The normalized spacial score (nSPS) is 25.8. The lowest BCUT2D eigenvalue weighted by Crippen LogP contribution is -2.53. The smallest absolute Gasteiger partial charge is 0.236 e. The number of morpholine rings is 1. The van der Waals surface area contributed by atoms with Gasteiger partial charge in [-0.05, 0) is 38.5 Å². The van der Waals surface area contributed by atoms with Crippen molar-refractivity contribution in [2.75, 3.05) is 50.7 Å². The van der Waals surface area contributed by atoms with Crippen LogP contribution in [0.25, 0.3) is 0 Å². The third kappa shape index (κ3) is 4.28. The number of benzene rings is 1. The molecule has 2 aliphatic rings. The van der Waals surface area contributed by atoms with Crippen molar-refractivity contribution in [2.24, 2.45) is 0 Å². The zero-order chi connectivity index (χ0) is 17.1. The molecule has 5 nitrogen and oxygen atoms in total. The molecule has 2 fully saturated rings. The molecular formula is C19H29N3O2. The van der Waals surface area contributed by atoms with E-state index in [2.05, 4.69) is 41.0 Å². The van der Waals surface area contributed by atoms with Gasteiger partial charge in [-0.15, -0.1) is 0 Å². The first-order valence-electron chi connectivity index (χ1n) is 8.98. The molecule has 1 aromatic carbocycles. The molecule has 0 spiro atoms. The third-order valence-electron chi connectivity index (χ3n) is 4.87. The standard InChI is InChI=1S/C19H29N3O2/c1-15-5-4-6-18(11-15)21-9-7-20(8-10-21)14-19(23)22-12-16(2)24-17(3)13-22/h4-6,11,16-17H,7-10,12-14H2,1-3H3. The van der Waals surface area contributed by atoms with E-state index in [1.807, 2.05) is 18.7 Å². The second kappa shape index (κ2) is 7.53. The molecule has 0 N–H and O–H groups in total. The number of aryl methyl sites for hydroxylation is 1. The average molecular weight is 331 g/mol. The van der Waals surface area contributed by atoms with Crippen molar-refractivity contribution in [2.45, 2.75) is 33.0 Å². The number of amides is 1. The van der Waals surface area contributed by atoms with E-state index in [4.69, 9.17) is 4.74 Å². The van der Waals surface area contributed by atoms with Crippen molar-refractivity contribution < 1.29 is 9.53 Å². The molecule has 0 aromatic heterocycles. The summed E-state index contributed by atoms with van der Waals surface area (Å²) in [5, 5.41) is 0. The van der Waals surface area contributed by atoms with E-state index in [-0.39, 0.29) is 18.1 Å². The summed E-state index contributed by atoms with van der Waals surface area (Å²) < 4.78 is 5.72. The SMILES string of the molecule is Cc1cccc(N2CCN(CC(=O)N3CC(C)OC(C)C3)CC2)c1. The summed E-state index contributed by atoms with van der Waals surface area (Å²) in [4.78, 5) is 19.2. The Hall–Kier alpha value is -1.59. The van der Waals surface area contributed by atoms with Gasteiger partial charge in [0, 0.05) is 45.0 Å². The minimum atomic E-state index is 0.135. The van der Waals surface area contributed by atoms with Gasteiger partial charge < -0.3 is 14.5 Å². The van der Waals surface area contributed by atoms with Gasteiger partial charge in [-0.1, -0.05) is 12.1 Å². The van der Waals surface area contributed by atoms with Crippen molar-refractivity contribution in [3.05, 3.63) is 29.8 Å². The molecule has 0 saturated carbocycles. The van der Waals surface area contributed by atoms with E-state index < -0.39 is 0 Å². The maximum Gasteiger partial charge on any atom is 0.236 e. The Balaban J connectivity index is 1.49. The fourth-order valence-electron chi connectivity index (χ4n) is 3.66. The summed E-state index contributed by atoms with van der Waals surface area (Å²) in [5.41, 5.74) is 2.58. The van der Waals surface area contributed by atoms with Crippen LogP contribution >= 0.6 is 0 Å². The average Bonchev–Trinajstić information content (AvgIpc) is 2.54. The van der Waals surface area contributed by atoms with E-state index in [0.717, 1.165) is 26.2 Å². The number of hydrogen-bond acceptors (Lipinski definition) is 4. The highest BCUT2D eigenvalue weighted by molar-refractivity contribution is 5.78. The molecule has 0 radical (unpaired) electrons. The summed E-state index contributed by atoms with van der Waals surface area (Å²) >= 11 is 0. The molecule has 0 bridgehead atoms. The maximum absolute atomic E-state index is 12.6. The fraction of sp³-hybridized carbons (Fsp3) is 0.632. The highest BCUT2D eigenvalue weighted by atomic mass is 16.5. The summed E-state index contributed by atoms with van der Waals surface area (Å²) in [7, 11) is 0. The monoisotopic (exact) mass is 331 g/mol. The van der Waals surface area contributed by atoms with Crippen LogP contribution in [0.1, 0.15) is 19.4 Å². The highest BCUT2D eigenvalue weighted by Crippen LogP contribution is 2.18. The van der Waals surface area contributed by atoms with E-state index in [9.17, 15) is 4.79 Å². The van der Waals surface area contributed by atoms with Gasteiger partial charge in [0.1, 0.15) is 0 Å². The number of anilines is 1. The molecule has 1 amide bonds. The number of nitrogens with zero attached hydrogens (tertiary/aromatic N) is 3. The number of hydrogen-bond donors (Lipinski definition) is 0. The van der Waals surface area contributed by atoms with Gasteiger partial charge in [0.25, 0.3) is 0 Å². The van der Waals surface area contributed by atoms with E-state index in [1.165, 1.54) is 11.3 Å². The molecule has 0 aliphatic carbocycles. The molecule has 2 aliphatic heterocycles. The van der Waals surface area contributed by atoms with Crippen LogP contribution in [0.5, 0.6) is 0 Å². The van der Waals surface area contributed by atoms with Gasteiger partial charge in [-0.2, -0.15) is 0 Å². The van der Waals surface area contributed by atoms with Crippen LogP contribution in [0.3, 0.4) is 0 Å². The summed E-state index contributed by atoms with van der Waals surface area (Å²) in [6, 6.07) is 8.64. The number of piperazine rings is 1. The zero-order valence-electron chi connectivity index (χ0n) is 15.1. The van der Waals surface area contributed by atoms with Crippen LogP contribution in [0.2, 0.25) is 0 Å². The Morgan fingerprint density at radius 3 is 2.42 bits per heavy atom. The molecule has 5 heteroatoms. The van der Waals surface area contributed by atoms with E-state index in [1.54, 1.807) is 0 Å². The molecule has 2 atom stereocenters. The largest absolute Gasteiger partial charge is 0.372 e. The minimum Gasteiger partial charge on any atom is -0.372 e. The Morgan fingerprint density at radius 2 is 1.79 bits per heavy atom. The highest BCUT2D eigenvalue weighted by Gasteiger charge is 2.27. The van der Waals surface area contributed by atoms with E-state index in [0.29, 0.717) is 19.6 Å². The van der Waals surface area contributed by atoms with Crippen molar-refractivity contribution in [3.63, 3.8) is 0 Å². The second-order valence-corrected chi connectivity index (χ2v) is 7.16. The van der Waals surface area contributed by atoms with Gasteiger partial charge in [0.05, 0.1) is 18.8 Å². The molecule has 1 aromatic rings. The Morgan fingerprint density at radius 1 is 1.12 bits per heavy atom. The minimum absolute atomic E-state index is 0.135. The summed E-state index contributed by atoms with van der Waals surface area (Å²) in [6.07, 6.45) is 0.270. The van der Waals surface area contributed by atoms with Gasteiger partial charge in [0.15, 0.2) is 0 Å². The first kappa shape index (κ1) is 17.2.